The number of furan rings is 1. The van der Waals surface area contributed by atoms with E-state index < -0.39 is 0 Å². The van der Waals surface area contributed by atoms with E-state index in [0.717, 1.165) is 5.76 Å². The number of methoxy groups -OCH3 is 1. The summed E-state index contributed by atoms with van der Waals surface area (Å²) in [5.41, 5.74) is 0.429. The summed E-state index contributed by atoms with van der Waals surface area (Å²) in [7, 11) is 1.57. The van der Waals surface area contributed by atoms with E-state index in [-0.39, 0.29) is 11.9 Å². The summed E-state index contributed by atoms with van der Waals surface area (Å²) in [5.74, 6) is 1.17. The van der Waals surface area contributed by atoms with Crippen molar-refractivity contribution in [3.05, 3.63) is 52.7 Å². The summed E-state index contributed by atoms with van der Waals surface area (Å²) in [6.45, 7) is 2.16. The monoisotopic (exact) mass is 294 g/mol. The van der Waals surface area contributed by atoms with E-state index in [1.54, 1.807) is 19.2 Å². The van der Waals surface area contributed by atoms with Crippen LogP contribution in [-0.4, -0.2) is 24.6 Å². The van der Waals surface area contributed by atoms with Gasteiger partial charge in [-0.1, -0.05) is 11.6 Å². The summed E-state index contributed by atoms with van der Waals surface area (Å²) in [4.78, 5) is 16.0. The van der Waals surface area contributed by atoms with Crippen molar-refractivity contribution < 1.29 is 13.9 Å². The van der Waals surface area contributed by atoms with Gasteiger partial charge in [0, 0.05) is 13.3 Å². The van der Waals surface area contributed by atoms with Crippen molar-refractivity contribution in [1.29, 1.82) is 0 Å². The number of nitrogens with zero attached hydrogens (tertiary/aromatic N) is 1. The molecule has 0 aliphatic carbocycles. The van der Waals surface area contributed by atoms with E-state index in [0.29, 0.717) is 23.1 Å². The zero-order valence-electron chi connectivity index (χ0n) is 11.2. The van der Waals surface area contributed by atoms with Crippen LogP contribution in [0.5, 0.6) is 0 Å². The first-order chi connectivity index (χ1) is 9.60. The molecule has 6 heteroatoms. The summed E-state index contributed by atoms with van der Waals surface area (Å²) < 4.78 is 10.6. The molecule has 2 rings (SSSR count). The molecule has 1 N–H and O–H groups in total. The molecule has 0 fully saturated rings. The molecule has 20 heavy (non-hydrogen) atoms. The number of pyridine rings is 1. The van der Waals surface area contributed by atoms with Crippen LogP contribution in [0.2, 0.25) is 5.15 Å². The fourth-order valence-corrected chi connectivity index (χ4v) is 1.87. The van der Waals surface area contributed by atoms with Gasteiger partial charge < -0.3 is 14.5 Å². The topological polar surface area (TPSA) is 64.4 Å². The Morgan fingerprint density at radius 2 is 2.25 bits per heavy atom. The molecule has 0 aliphatic rings. The second-order valence-electron chi connectivity index (χ2n) is 4.30. The van der Waals surface area contributed by atoms with Crippen LogP contribution < -0.4 is 5.32 Å². The van der Waals surface area contributed by atoms with Gasteiger partial charge in [-0.3, -0.25) is 4.79 Å². The second kappa shape index (κ2) is 6.54. The number of halogens is 1. The maximum atomic E-state index is 12.1. The standard InChI is InChI=1S/C14H15ClN2O3/c1-9-3-5-12(20-9)11(8-19-2)17-14(18)10-4-6-13(15)16-7-10/h3-7,11H,8H2,1-2H3,(H,17,18)/t11-/m1/s1. The molecular formula is C14H15ClN2O3. The Balaban J connectivity index is 2.11. The molecule has 0 saturated heterocycles. The molecule has 106 valence electrons. The van der Waals surface area contributed by atoms with Gasteiger partial charge in [-0.2, -0.15) is 0 Å². The number of nitrogens with one attached hydrogen (secondary N) is 1. The van der Waals surface area contributed by atoms with Gasteiger partial charge in [0.25, 0.3) is 5.91 Å². The lowest BCUT2D eigenvalue weighted by atomic mass is 10.2. The van der Waals surface area contributed by atoms with Crippen LogP contribution in [0.1, 0.15) is 27.9 Å². The molecule has 2 aromatic rings. The third-order valence-electron chi connectivity index (χ3n) is 2.73. The molecule has 5 nitrogen and oxygen atoms in total. The smallest absolute Gasteiger partial charge is 0.253 e. The Labute approximate surface area is 121 Å². The Bertz CT molecular complexity index is 580. The van der Waals surface area contributed by atoms with E-state index in [1.165, 1.54) is 6.20 Å². The van der Waals surface area contributed by atoms with Crippen LogP contribution in [-0.2, 0) is 4.74 Å². The van der Waals surface area contributed by atoms with Gasteiger partial charge in [-0.15, -0.1) is 0 Å². The zero-order valence-corrected chi connectivity index (χ0v) is 12.0. The molecule has 0 spiro atoms. The molecule has 1 amide bonds. The quantitative estimate of drug-likeness (QED) is 0.861. The lowest BCUT2D eigenvalue weighted by Crippen LogP contribution is -2.31. The average molecular weight is 295 g/mol. The SMILES string of the molecule is COC[C@@H](NC(=O)c1ccc(Cl)nc1)c1ccc(C)o1. The van der Waals surface area contributed by atoms with Crippen molar-refractivity contribution in [2.45, 2.75) is 13.0 Å². The summed E-state index contributed by atoms with van der Waals surface area (Å²) >= 11 is 5.69. The van der Waals surface area contributed by atoms with Gasteiger partial charge in [0.15, 0.2) is 0 Å². The summed E-state index contributed by atoms with van der Waals surface area (Å²) in [6.07, 6.45) is 1.43. The highest BCUT2D eigenvalue weighted by molar-refractivity contribution is 6.29. The predicted octanol–water partition coefficient (Wildman–Crippen LogP) is 2.75. The Morgan fingerprint density at radius 1 is 1.45 bits per heavy atom. The maximum Gasteiger partial charge on any atom is 0.253 e. The minimum atomic E-state index is -0.350. The predicted molar refractivity (Wildman–Crippen MR) is 74.8 cm³/mol. The van der Waals surface area contributed by atoms with E-state index in [4.69, 9.17) is 20.8 Å². The third kappa shape index (κ3) is 3.59. The first kappa shape index (κ1) is 14.6. The zero-order chi connectivity index (χ0) is 14.5. The molecule has 2 aromatic heterocycles. The number of aryl methyl sites for hydroxylation is 1. The van der Waals surface area contributed by atoms with Gasteiger partial charge in [0.05, 0.1) is 12.2 Å². The lowest BCUT2D eigenvalue weighted by molar-refractivity contribution is 0.0882. The van der Waals surface area contributed by atoms with Crippen LogP contribution in [0, 0.1) is 6.92 Å². The molecule has 1 atom stereocenters. The highest BCUT2D eigenvalue weighted by Crippen LogP contribution is 2.17. The minimum Gasteiger partial charge on any atom is -0.464 e. The van der Waals surface area contributed by atoms with Crippen LogP contribution in [0.15, 0.2) is 34.9 Å². The first-order valence-corrected chi connectivity index (χ1v) is 6.45. The molecule has 0 radical (unpaired) electrons. The Hall–Kier alpha value is -1.85. The first-order valence-electron chi connectivity index (χ1n) is 6.08. The average Bonchev–Trinajstić information content (AvgIpc) is 2.85. The third-order valence-corrected chi connectivity index (χ3v) is 2.96. The van der Waals surface area contributed by atoms with E-state index in [9.17, 15) is 4.79 Å². The Kier molecular flexibility index (Phi) is 4.76. The number of aromatic nitrogens is 1. The normalized spacial score (nSPS) is 12.2. The van der Waals surface area contributed by atoms with Gasteiger partial charge in [-0.25, -0.2) is 4.98 Å². The summed E-state index contributed by atoms with van der Waals surface area (Å²) in [6, 6.07) is 6.49. The molecular weight excluding hydrogens is 280 g/mol. The van der Waals surface area contributed by atoms with Crippen LogP contribution in [0.4, 0.5) is 0 Å². The van der Waals surface area contributed by atoms with Crippen molar-refractivity contribution in [3.63, 3.8) is 0 Å². The van der Waals surface area contributed by atoms with Gasteiger partial charge in [0.1, 0.15) is 22.7 Å². The maximum absolute atomic E-state index is 12.1. The largest absolute Gasteiger partial charge is 0.464 e. The van der Waals surface area contributed by atoms with E-state index in [2.05, 4.69) is 10.3 Å². The van der Waals surface area contributed by atoms with Crippen LogP contribution >= 0.6 is 11.6 Å². The fraction of sp³-hybridized carbons (Fsp3) is 0.286. The van der Waals surface area contributed by atoms with Crippen LogP contribution in [0.3, 0.4) is 0 Å². The number of rotatable bonds is 5. The van der Waals surface area contributed by atoms with Crippen molar-refractivity contribution in [3.8, 4) is 0 Å². The number of ether oxygens (including phenoxy) is 1. The Morgan fingerprint density at radius 3 is 2.80 bits per heavy atom. The van der Waals surface area contributed by atoms with E-state index in [1.807, 2.05) is 19.1 Å². The summed E-state index contributed by atoms with van der Waals surface area (Å²) in [5, 5.41) is 3.19. The molecule has 0 saturated carbocycles. The van der Waals surface area contributed by atoms with Crippen molar-refractivity contribution in [2.24, 2.45) is 0 Å². The highest BCUT2D eigenvalue weighted by Gasteiger charge is 2.18. The number of carbonyl (C=O) groups is 1. The molecule has 0 aromatic carbocycles. The molecule has 0 unspecified atom stereocenters. The van der Waals surface area contributed by atoms with Crippen molar-refractivity contribution in [2.75, 3.05) is 13.7 Å². The number of amides is 1. The van der Waals surface area contributed by atoms with Crippen molar-refractivity contribution >= 4 is 17.5 Å². The van der Waals surface area contributed by atoms with Gasteiger partial charge in [-0.05, 0) is 31.2 Å². The van der Waals surface area contributed by atoms with Crippen LogP contribution in [0.25, 0.3) is 0 Å². The number of hydrogen-bond acceptors (Lipinski definition) is 4. The van der Waals surface area contributed by atoms with E-state index >= 15 is 0 Å². The van der Waals surface area contributed by atoms with Crippen molar-refractivity contribution in [1.82, 2.24) is 10.3 Å². The molecule has 0 aliphatic heterocycles. The number of carbonyl (C=O) groups excluding carboxylic acids is 1. The second-order valence-corrected chi connectivity index (χ2v) is 4.69. The van der Waals surface area contributed by atoms with Gasteiger partial charge >= 0.3 is 0 Å². The fourth-order valence-electron chi connectivity index (χ4n) is 1.75. The highest BCUT2D eigenvalue weighted by atomic mass is 35.5. The number of hydrogen-bond donors (Lipinski definition) is 1. The minimum absolute atomic E-state index is 0.259. The lowest BCUT2D eigenvalue weighted by Gasteiger charge is -2.15. The van der Waals surface area contributed by atoms with Gasteiger partial charge in [0.2, 0.25) is 0 Å². The molecule has 2 heterocycles. The molecule has 0 bridgehead atoms.